The predicted molar refractivity (Wildman–Crippen MR) is 71.8 cm³/mol. The molecule has 0 unspecified atom stereocenters. The minimum absolute atomic E-state index is 0.344. The summed E-state index contributed by atoms with van der Waals surface area (Å²) in [4.78, 5) is 15.9. The summed E-state index contributed by atoms with van der Waals surface area (Å²) < 4.78 is 0.943. The average Bonchev–Trinajstić information content (AvgIpc) is 2.79. The van der Waals surface area contributed by atoms with Gasteiger partial charge in [0.2, 0.25) is 0 Å². The lowest BCUT2D eigenvalue weighted by molar-refractivity contribution is -0.118. The van der Waals surface area contributed by atoms with Crippen molar-refractivity contribution in [2.45, 2.75) is 44.9 Å². The van der Waals surface area contributed by atoms with Crippen molar-refractivity contribution in [3.05, 3.63) is 28.5 Å². The monoisotopic (exact) mass is 295 g/mol. The number of halogens is 1. The van der Waals surface area contributed by atoms with Crippen molar-refractivity contribution in [2.75, 3.05) is 0 Å². The molecule has 0 amide bonds. The molecule has 2 nitrogen and oxygen atoms in total. The summed E-state index contributed by atoms with van der Waals surface area (Å²) in [6.45, 7) is 0. The molecule has 0 bridgehead atoms. The molecule has 0 N–H and O–H groups in total. The van der Waals surface area contributed by atoms with Gasteiger partial charge in [-0.15, -0.1) is 0 Å². The summed E-state index contributed by atoms with van der Waals surface area (Å²) in [7, 11) is 0. The fourth-order valence-corrected chi connectivity index (χ4v) is 2.94. The second-order valence-electron chi connectivity index (χ2n) is 4.92. The minimum Gasteiger partial charge on any atom is -0.299 e. The van der Waals surface area contributed by atoms with Crippen LogP contribution in [0.3, 0.4) is 0 Å². The summed E-state index contributed by atoms with van der Waals surface area (Å²) in [5.74, 6) is 1.15. The van der Waals surface area contributed by atoms with Crippen LogP contribution in [0.5, 0.6) is 0 Å². The summed E-state index contributed by atoms with van der Waals surface area (Å²) in [6.07, 6.45) is 11.2. The van der Waals surface area contributed by atoms with E-state index < -0.39 is 0 Å². The van der Waals surface area contributed by atoms with Crippen molar-refractivity contribution in [1.29, 1.82) is 0 Å². The molecule has 0 saturated heterocycles. The number of aromatic nitrogens is 1. The summed E-state index contributed by atoms with van der Waals surface area (Å²) in [6, 6.07) is 1.97. The van der Waals surface area contributed by atoms with Gasteiger partial charge < -0.3 is 0 Å². The Morgan fingerprint density at radius 1 is 1.35 bits per heavy atom. The normalized spacial score (nSPS) is 16.3. The van der Waals surface area contributed by atoms with Crippen LogP contribution in [0, 0.1) is 5.92 Å². The lowest BCUT2D eigenvalue weighted by atomic mass is 9.98. The van der Waals surface area contributed by atoms with E-state index in [0.717, 1.165) is 28.8 Å². The number of nitrogens with zero attached hydrogens (tertiary/aromatic N) is 1. The lowest BCUT2D eigenvalue weighted by Gasteiger charge is -2.07. The molecule has 0 radical (unpaired) electrons. The first-order valence-corrected chi connectivity index (χ1v) is 7.14. The van der Waals surface area contributed by atoms with E-state index in [1.165, 1.54) is 25.7 Å². The molecule has 1 heterocycles. The number of Topliss-reactive ketones (excluding diaryl/α,β-unsaturated/α-hetero) is 1. The van der Waals surface area contributed by atoms with Gasteiger partial charge >= 0.3 is 0 Å². The molecule has 1 saturated carbocycles. The number of ketones is 1. The Kier molecular flexibility index (Phi) is 4.72. The zero-order valence-electron chi connectivity index (χ0n) is 9.99. The molecule has 0 aromatic carbocycles. The Morgan fingerprint density at radius 3 is 2.82 bits per heavy atom. The molecule has 17 heavy (non-hydrogen) atoms. The third kappa shape index (κ3) is 4.23. The predicted octanol–water partition coefficient (Wildman–Crippen LogP) is 3.93. The van der Waals surface area contributed by atoms with Gasteiger partial charge in [-0.25, -0.2) is 0 Å². The maximum atomic E-state index is 11.8. The van der Waals surface area contributed by atoms with Crippen LogP contribution in [-0.4, -0.2) is 10.8 Å². The standard InChI is InChI=1S/C14H18BrNO/c15-13-7-12(9-16-10-13)8-14(17)6-5-11-3-1-2-4-11/h7,9-11H,1-6,8H2. The molecule has 1 aromatic rings. The Morgan fingerprint density at radius 2 is 2.12 bits per heavy atom. The Hall–Kier alpha value is -0.700. The third-order valence-corrected chi connectivity index (χ3v) is 3.90. The molecule has 0 atom stereocenters. The highest BCUT2D eigenvalue weighted by Gasteiger charge is 2.16. The van der Waals surface area contributed by atoms with E-state index in [2.05, 4.69) is 20.9 Å². The highest BCUT2D eigenvalue weighted by molar-refractivity contribution is 9.10. The maximum absolute atomic E-state index is 11.8. The van der Waals surface area contributed by atoms with E-state index in [9.17, 15) is 4.79 Å². The molecule has 1 aromatic heterocycles. The summed E-state index contributed by atoms with van der Waals surface area (Å²) in [5, 5.41) is 0. The van der Waals surface area contributed by atoms with Crippen molar-refractivity contribution in [2.24, 2.45) is 5.92 Å². The molecule has 92 valence electrons. The van der Waals surface area contributed by atoms with Crippen LogP contribution < -0.4 is 0 Å². The van der Waals surface area contributed by atoms with Gasteiger partial charge in [-0.05, 0) is 39.9 Å². The Bertz CT molecular complexity index is 386. The Labute approximate surface area is 111 Å². The quantitative estimate of drug-likeness (QED) is 0.824. The van der Waals surface area contributed by atoms with E-state index in [-0.39, 0.29) is 0 Å². The van der Waals surface area contributed by atoms with E-state index in [1.807, 2.05) is 6.07 Å². The fraction of sp³-hybridized carbons (Fsp3) is 0.571. The number of rotatable bonds is 5. The molecular weight excluding hydrogens is 278 g/mol. The number of carbonyl (C=O) groups excluding carboxylic acids is 1. The first-order chi connectivity index (χ1) is 8.24. The van der Waals surface area contributed by atoms with Crippen LogP contribution in [0.25, 0.3) is 0 Å². The average molecular weight is 296 g/mol. The van der Waals surface area contributed by atoms with Gasteiger partial charge in [-0.3, -0.25) is 9.78 Å². The SMILES string of the molecule is O=C(CCC1CCCC1)Cc1cncc(Br)c1. The third-order valence-electron chi connectivity index (χ3n) is 3.47. The van der Waals surface area contributed by atoms with E-state index >= 15 is 0 Å². The van der Waals surface area contributed by atoms with Crippen LogP contribution in [0.4, 0.5) is 0 Å². The van der Waals surface area contributed by atoms with Crippen molar-refractivity contribution in [1.82, 2.24) is 4.98 Å². The number of carbonyl (C=O) groups is 1. The van der Waals surface area contributed by atoms with Crippen molar-refractivity contribution in [3.63, 3.8) is 0 Å². The summed E-state index contributed by atoms with van der Waals surface area (Å²) >= 11 is 3.37. The summed E-state index contributed by atoms with van der Waals surface area (Å²) in [5.41, 5.74) is 1.01. The molecule has 0 aliphatic heterocycles. The smallest absolute Gasteiger partial charge is 0.137 e. The van der Waals surface area contributed by atoms with Crippen LogP contribution in [-0.2, 0) is 11.2 Å². The van der Waals surface area contributed by atoms with Gasteiger partial charge in [-0.2, -0.15) is 0 Å². The van der Waals surface area contributed by atoms with Crippen molar-refractivity contribution in [3.8, 4) is 0 Å². The first-order valence-electron chi connectivity index (χ1n) is 6.35. The first kappa shape index (κ1) is 12.7. The highest BCUT2D eigenvalue weighted by Crippen LogP contribution is 2.28. The van der Waals surface area contributed by atoms with E-state index in [1.54, 1.807) is 12.4 Å². The molecule has 0 spiro atoms. The van der Waals surface area contributed by atoms with Gasteiger partial charge in [0.15, 0.2) is 0 Å². The lowest BCUT2D eigenvalue weighted by Crippen LogP contribution is -2.05. The van der Waals surface area contributed by atoms with Gasteiger partial charge in [0, 0.05) is 29.7 Å². The molecule has 1 fully saturated rings. The van der Waals surface area contributed by atoms with Gasteiger partial charge in [0.05, 0.1) is 0 Å². The number of pyridine rings is 1. The molecular formula is C14H18BrNO. The van der Waals surface area contributed by atoms with Crippen LogP contribution >= 0.6 is 15.9 Å². The molecule has 3 heteroatoms. The highest BCUT2D eigenvalue weighted by atomic mass is 79.9. The van der Waals surface area contributed by atoms with Crippen molar-refractivity contribution < 1.29 is 4.79 Å². The van der Waals surface area contributed by atoms with E-state index in [0.29, 0.717) is 12.2 Å². The van der Waals surface area contributed by atoms with Crippen LogP contribution in [0.15, 0.2) is 22.9 Å². The number of hydrogen-bond acceptors (Lipinski definition) is 2. The minimum atomic E-state index is 0.344. The molecule has 1 aliphatic carbocycles. The largest absolute Gasteiger partial charge is 0.299 e. The fourth-order valence-electron chi connectivity index (χ4n) is 2.53. The number of hydrogen-bond donors (Lipinski definition) is 0. The van der Waals surface area contributed by atoms with Crippen molar-refractivity contribution >= 4 is 21.7 Å². The molecule has 1 aliphatic rings. The molecule has 2 rings (SSSR count). The van der Waals surface area contributed by atoms with Crippen LogP contribution in [0.1, 0.15) is 44.1 Å². The maximum Gasteiger partial charge on any atom is 0.137 e. The van der Waals surface area contributed by atoms with Gasteiger partial charge in [0.25, 0.3) is 0 Å². The zero-order chi connectivity index (χ0) is 12.1. The second-order valence-corrected chi connectivity index (χ2v) is 5.83. The van der Waals surface area contributed by atoms with Crippen LogP contribution in [0.2, 0.25) is 0 Å². The topological polar surface area (TPSA) is 30.0 Å². The van der Waals surface area contributed by atoms with E-state index in [4.69, 9.17) is 0 Å². The Balaban J connectivity index is 1.76. The second kappa shape index (κ2) is 6.29. The van der Waals surface area contributed by atoms with Gasteiger partial charge in [0.1, 0.15) is 5.78 Å². The van der Waals surface area contributed by atoms with Gasteiger partial charge in [-0.1, -0.05) is 25.7 Å². The zero-order valence-corrected chi connectivity index (χ0v) is 11.6.